The maximum absolute atomic E-state index is 8.46. The second kappa shape index (κ2) is 2.61. The molecule has 11 heavy (non-hydrogen) atoms. The molecule has 58 valence electrons. The van der Waals surface area contributed by atoms with Crippen LogP contribution >= 0.6 is 11.3 Å². The van der Waals surface area contributed by atoms with Crippen LogP contribution in [0, 0.1) is 0 Å². The first-order valence-corrected chi connectivity index (χ1v) is 4.05. The van der Waals surface area contributed by atoms with Crippen LogP contribution in [0.25, 0.3) is 4.83 Å². The molecule has 0 unspecified atom stereocenters. The van der Waals surface area contributed by atoms with E-state index in [1.165, 1.54) is 0 Å². The molecule has 0 atom stereocenters. The summed E-state index contributed by atoms with van der Waals surface area (Å²) in [5, 5.41) is 10.4. The molecular formula is C6H7N3OS. The molecule has 0 aliphatic carbocycles. The molecule has 2 N–H and O–H groups in total. The van der Waals surface area contributed by atoms with Crippen molar-refractivity contribution in [2.45, 2.75) is 6.54 Å². The number of rotatable bonds is 2. The summed E-state index contributed by atoms with van der Waals surface area (Å²) in [6.07, 6.45) is 3.53. The molecule has 0 radical (unpaired) electrons. The summed E-state index contributed by atoms with van der Waals surface area (Å²) in [6, 6.07) is 0. The molecule has 0 spiro atoms. The molecule has 0 saturated heterocycles. The largest absolute Gasteiger partial charge is 0.316 e. The lowest BCUT2D eigenvalue weighted by molar-refractivity contribution is 0.160. The highest BCUT2D eigenvalue weighted by Crippen LogP contribution is 2.14. The first kappa shape index (κ1) is 6.78. The maximum Gasteiger partial charge on any atom is 0.119 e. The van der Waals surface area contributed by atoms with Gasteiger partial charge in [-0.15, -0.1) is 11.3 Å². The summed E-state index contributed by atoms with van der Waals surface area (Å²) in [5.74, 6) is 0. The van der Waals surface area contributed by atoms with E-state index >= 15 is 0 Å². The zero-order chi connectivity index (χ0) is 7.68. The number of hydroxylamine groups is 1. The van der Waals surface area contributed by atoms with E-state index in [0.717, 1.165) is 10.5 Å². The normalized spacial score (nSPS) is 11.0. The van der Waals surface area contributed by atoms with Crippen molar-refractivity contribution in [3.63, 3.8) is 0 Å². The molecule has 0 fully saturated rings. The van der Waals surface area contributed by atoms with E-state index in [-0.39, 0.29) is 0 Å². The minimum absolute atomic E-state index is 0.455. The zero-order valence-electron chi connectivity index (χ0n) is 5.69. The van der Waals surface area contributed by atoms with Crippen molar-refractivity contribution in [3.8, 4) is 0 Å². The molecule has 0 aromatic carbocycles. The molecule has 0 amide bonds. The van der Waals surface area contributed by atoms with E-state index in [1.54, 1.807) is 23.9 Å². The second-order valence-electron chi connectivity index (χ2n) is 2.16. The summed E-state index contributed by atoms with van der Waals surface area (Å²) in [4.78, 5) is 5.06. The van der Waals surface area contributed by atoms with Gasteiger partial charge in [0, 0.05) is 5.38 Å². The highest BCUT2D eigenvalue weighted by Gasteiger charge is 2.00. The van der Waals surface area contributed by atoms with E-state index in [9.17, 15) is 0 Å². The number of aromatic nitrogens is 2. The van der Waals surface area contributed by atoms with Crippen molar-refractivity contribution in [2.24, 2.45) is 0 Å². The zero-order valence-corrected chi connectivity index (χ0v) is 6.51. The minimum atomic E-state index is 0.455. The van der Waals surface area contributed by atoms with E-state index in [0.29, 0.717) is 6.54 Å². The summed E-state index contributed by atoms with van der Waals surface area (Å²) in [5.41, 5.74) is 3.13. The monoisotopic (exact) mass is 169 g/mol. The standard InChI is InChI=1S/C6H7N3OS/c10-8-1-5-3-11-6-2-7-4-9(5)6/h2-4,8,10H,1H2. The Labute approximate surface area is 67.1 Å². The summed E-state index contributed by atoms with van der Waals surface area (Å²) in [6.45, 7) is 0.455. The van der Waals surface area contributed by atoms with Crippen LogP contribution in [0.1, 0.15) is 5.69 Å². The SMILES string of the molecule is ONCc1csc2cncn12. The lowest BCUT2D eigenvalue weighted by Gasteiger charge is -1.94. The third kappa shape index (κ3) is 1.03. The highest BCUT2D eigenvalue weighted by atomic mass is 32.1. The topological polar surface area (TPSA) is 49.6 Å². The van der Waals surface area contributed by atoms with Gasteiger partial charge in [0.2, 0.25) is 0 Å². The predicted molar refractivity (Wildman–Crippen MR) is 41.7 cm³/mol. The van der Waals surface area contributed by atoms with Gasteiger partial charge >= 0.3 is 0 Å². The Morgan fingerprint density at radius 2 is 2.64 bits per heavy atom. The van der Waals surface area contributed by atoms with E-state index in [1.807, 2.05) is 9.78 Å². The quantitative estimate of drug-likeness (QED) is 0.656. The van der Waals surface area contributed by atoms with Crippen LogP contribution in [0.3, 0.4) is 0 Å². The van der Waals surface area contributed by atoms with Gasteiger partial charge in [-0.2, -0.15) is 5.48 Å². The van der Waals surface area contributed by atoms with Crippen LogP contribution in [0.2, 0.25) is 0 Å². The van der Waals surface area contributed by atoms with Gasteiger partial charge in [-0.05, 0) is 0 Å². The minimum Gasteiger partial charge on any atom is -0.316 e. The van der Waals surface area contributed by atoms with Crippen molar-refractivity contribution in [1.82, 2.24) is 14.9 Å². The van der Waals surface area contributed by atoms with Crippen LogP contribution in [-0.2, 0) is 6.54 Å². The van der Waals surface area contributed by atoms with Gasteiger partial charge in [0.05, 0.1) is 18.4 Å². The average molecular weight is 169 g/mol. The van der Waals surface area contributed by atoms with Crippen LogP contribution in [0.15, 0.2) is 17.9 Å². The van der Waals surface area contributed by atoms with Crippen LogP contribution in [0.4, 0.5) is 0 Å². The Bertz CT molecular complexity index is 353. The van der Waals surface area contributed by atoms with Gasteiger partial charge in [-0.3, -0.25) is 4.40 Å². The molecule has 0 bridgehead atoms. The molecule has 4 nitrogen and oxygen atoms in total. The van der Waals surface area contributed by atoms with Crippen molar-refractivity contribution in [1.29, 1.82) is 0 Å². The van der Waals surface area contributed by atoms with Crippen molar-refractivity contribution in [3.05, 3.63) is 23.6 Å². The molecular weight excluding hydrogens is 162 g/mol. The van der Waals surface area contributed by atoms with Gasteiger partial charge in [-0.25, -0.2) is 4.98 Å². The van der Waals surface area contributed by atoms with Crippen molar-refractivity contribution in [2.75, 3.05) is 0 Å². The fourth-order valence-electron chi connectivity index (χ4n) is 0.979. The number of hydrogen-bond acceptors (Lipinski definition) is 4. The predicted octanol–water partition coefficient (Wildman–Crippen LogP) is 0.875. The Morgan fingerprint density at radius 3 is 3.45 bits per heavy atom. The van der Waals surface area contributed by atoms with E-state index < -0.39 is 0 Å². The number of nitrogens with one attached hydrogen (secondary N) is 1. The third-order valence-electron chi connectivity index (χ3n) is 1.49. The average Bonchev–Trinajstić information content (AvgIpc) is 2.53. The molecule has 5 heteroatoms. The van der Waals surface area contributed by atoms with Crippen LogP contribution in [0.5, 0.6) is 0 Å². The second-order valence-corrected chi connectivity index (χ2v) is 3.05. The number of thiazole rings is 1. The van der Waals surface area contributed by atoms with Gasteiger partial charge in [0.15, 0.2) is 0 Å². The van der Waals surface area contributed by atoms with Crippen molar-refractivity contribution < 1.29 is 5.21 Å². The Morgan fingerprint density at radius 1 is 1.73 bits per heavy atom. The lowest BCUT2D eigenvalue weighted by atomic mass is 10.5. The Kier molecular flexibility index (Phi) is 1.61. The molecule has 0 saturated carbocycles. The third-order valence-corrected chi connectivity index (χ3v) is 2.42. The maximum atomic E-state index is 8.46. The van der Waals surface area contributed by atoms with Gasteiger partial charge in [0.25, 0.3) is 0 Å². The molecule has 2 rings (SSSR count). The van der Waals surface area contributed by atoms with Crippen LogP contribution < -0.4 is 5.48 Å². The molecule has 2 aromatic rings. The summed E-state index contributed by atoms with van der Waals surface area (Å²) >= 11 is 1.61. The molecule has 2 aromatic heterocycles. The Hall–Kier alpha value is -0.910. The molecule has 0 aliphatic rings. The van der Waals surface area contributed by atoms with Gasteiger partial charge in [0.1, 0.15) is 11.2 Å². The van der Waals surface area contributed by atoms with Crippen molar-refractivity contribution >= 4 is 16.2 Å². The fraction of sp³-hybridized carbons (Fsp3) is 0.167. The van der Waals surface area contributed by atoms with Gasteiger partial charge < -0.3 is 5.21 Å². The lowest BCUT2D eigenvalue weighted by Crippen LogP contribution is -2.07. The number of hydrogen-bond donors (Lipinski definition) is 2. The first-order chi connectivity index (χ1) is 5.42. The Balaban J connectivity index is 2.51. The fourth-order valence-corrected chi connectivity index (χ4v) is 1.83. The van der Waals surface area contributed by atoms with E-state index in [4.69, 9.17) is 5.21 Å². The highest BCUT2D eigenvalue weighted by molar-refractivity contribution is 7.15. The molecule has 0 aliphatic heterocycles. The summed E-state index contributed by atoms with van der Waals surface area (Å²) < 4.78 is 1.94. The van der Waals surface area contributed by atoms with Gasteiger partial charge in [-0.1, -0.05) is 0 Å². The smallest absolute Gasteiger partial charge is 0.119 e. The number of imidazole rings is 1. The number of nitrogens with zero attached hydrogens (tertiary/aromatic N) is 2. The first-order valence-electron chi connectivity index (χ1n) is 3.17. The molecule has 2 heterocycles. The van der Waals surface area contributed by atoms with Crippen LogP contribution in [-0.4, -0.2) is 14.6 Å². The summed E-state index contributed by atoms with van der Waals surface area (Å²) in [7, 11) is 0. The number of fused-ring (bicyclic) bond motifs is 1. The van der Waals surface area contributed by atoms with E-state index in [2.05, 4.69) is 10.5 Å².